The monoisotopic (exact) mass is 321 g/mol. The fraction of sp³-hybridized carbons (Fsp3) is 0.529. The fourth-order valence-electron chi connectivity index (χ4n) is 2.77. The van der Waals surface area contributed by atoms with Crippen molar-refractivity contribution in [1.82, 2.24) is 5.32 Å². The van der Waals surface area contributed by atoms with Gasteiger partial charge < -0.3 is 9.73 Å². The first kappa shape index (κ1) is 15.3. The quantitative estimate of drug-likeness (QED) is 0.882. The summed E-state index contributed by atoms with van der Waals surface area (Å²) in [5.74, 6) is 2.27. The van der Waals surface area contributed by atoms with Crippen LogP contribution in [0.15, 0.2) is 34.7 Å². The summed E-state index contributed by atoms with van der Waals surface area (Å²) in [6.07, 6.45) is 0. The number of benzene rings is 1. The Bertz CT molecular complexity index is 564. The second kappa shape index (κ2) is 6.67. The zero-order chi connectivity index (χ0) is 14.8. The molecule has 1 aliphatic rings. The van der Waals surface area contributed by atoms with E-state index in [1.807, 2.05) is 6.07 Å². The van der Waals surface area contributed by atoms with E-state index in [9.17, 15) is 0 Å². The van der Waals surface area contributed by atoms with Crippen molar-refractivity contribution in [3.63, 3.8) is 0 Å². The molecule has 4 heteroatoms. The second-order valence-corrected chi connectivity index (χ2v) is 8.67. The lowest BCUT2D eigenvalue weighted by atomic mass is 10.1. The lowest BCUT2D eigenvalue weighted by Crippen LogP contribution is -2.37. The maximum absolute atomic E-state index is 6.11. The Kier molecular flexibility index (Phi) is 4.87. The molecule has 4 atom stereocenters. The summed E-state index contributed by atoms with van der Waals surface area (Å²) in [5.41, 5.74) is 0.991. The summed E-state index contributed by atoms with van der Waals surface area (Å²) in [6, 6.07) is 10.8. The first-order chi connectivity index (χ1) is 10.2. The van der Waals surface area contributed by atoms with E-state index in [0.29, 0.717) is 16.5 Å². The predicted octanol–water partition coefficient (Wildman–Crippen LogP) is 4.71. The van der Waals surface area contributed by atoms with Crippen LogP contribution in [0.1, 0.15) is 32.6 Å². The van der Waals surface area contributed by atoms with Crippen LogP contribution in [0.5, 0.6) is 0 Å². The van der Waals surface area contributed by atoms with Gasteiger partial charge in [-0.25, -0.2) is 0 Å². The number of furan rings is 1. The maximum Gasteiger partial charge on any atom is 0.134 e. The minimum Gasteiger partial charge on any atom is -0.459 e. The molecule has 1 aliphatic heterocycles. The molecule has 1 fully saturated rings. The van der Waals surface area contributed by atoms with Crippen molar-refractivity contribution in [1.29, 1.82) is 0 Å². The highest BCUT2D eigenvalue weighted by Gasteiger charge is 2.33. The highest BCUT2D eigenvalue weighted by molar-refractivity contribution is 8.07. The van der Waals surface area contributed by atoms with Gasteiger partial charge in [0.1, 0.15) is 11.3 Å². The van der Waals surface area contributed by atoms with Gasteiger partial charge in [0.2, 0.25) is 0 Å². The lowest BCUT2D eigenvalue weighted by Gasteiger charge is -2.35. The Balaban J connectivity index is 1.86. The average Bonchev–Trinajstić information content (AvgIpc) is 2.91. The van der Waals surface area contributed by atoms with Gasteiger partial charge in [0.15, 0.2) is 0 Å². The van der Waals surface area contributed by atoms with Crippen molar-refractivity contribution in [3.8, 4) is 0 Å². The summed E-state index contributed by atoms with van der Waals surface area (Å²) in [7, 11) is 0. The van der Waals surface area contributed by atoms with Crippen LogP contribution in [0, 0.1) is 0 Å². The van der Waals surface area contributed by atoms with E-state index in [-0.39, 0.29) is 0 Å². The van der Waals surface area contributed by atoms with Crippen LogP contribution >= 0.6 is 23.5 Å². The van der Waals surface area contributed by atoms with Crippen LogP contribution in [0.4, 0.5) is 0 Å². The molecule has 0 spiro atoms. The largest absolute Gasteiger partial charge is 0.459 e. The van der Waals surface area contributed by atoms with Crippen LogP contribution < -0.4 is 5.32 Å². The van der Waals surface area contributed by atoms with E-state index >= 15 is 0 Å². The Labute approximate surface area is 135 Å². The minimum absolute atomic E-state index is 0.301. The Morgan fingerprint density at radius 2 is 2.10 bits per heavy atom. The molecule has 1 aromatic heterocycles. The van der Waals surface area contributed by atoms with Crippen molar-refractivity contribution < 1.29 is 4.42 Å². The van der Waals surface area contributed by atoms with E-state index in [2.05, 4.69) is 73.9 Å². The molecule has 4 unspecified atom stereocenters. The SMILES string of the molecule is CCNC(c1cc2ccccc2o1)C1CSC(C)C(C)S1. The molecular formula is C17H23NOS2. The van der Waals surface area contributed by atoms with Gasteiger partial charge in [-0.2, -0.15) is 23.5 Å². The Morgan fingerprint density at radius 1 is 1.29 bits per heavy atom. The van der Waals surface area contributed by atoms with Crippen LogP contribution in [-0.4, -0.2) is 28.0 Å². The van der Waals surface area contributed by atoms with Crippen molar-refractivity contribution >= 4 is 34.5 Å². The lowest BCUT2D eigenvalue weighted by molar-refractivity contribution is 0.435. The first-order valence-electron chi connectivity index (χ1n) is 7.68. The van der Waals surface area contributed by atoms with E-state index in [1.165, 1.54) is 11.1 Å². The van der Waals surface area contributed by atoms with Crippen molar-refractivity contribution in [3.05, 3.63) is 36.1 Å². The molecular weight excluding hydrogens is 298 g/mol. The second-order valence-electron chi connectivity index (χ2n) is 5.64. The number of thioether (sulfide) groups is 2. The van der Waals surface area contributed by atoms with Crippen molar-refractivity contribution in [2.75, 3.05) is 12.3 Å². The molecule has 1 aromatic carbocycles. The number of hydrogen-bond acceptors (Lipinski definition) is 4. The third kappa shape index (κ3) is 3.27. The van der Waals surface area contributed by atoms with Gasteiger partial charge in [-0.05, 0) is 18.7 Å². The van der Waals surface area contributed by atoms with Gasteiger partial charge in [-0.15, -0.1) is 0 Å². The molecule has 0 saturated carbocycles. The van der Waals surface area contributed by atoms with Crippen LogP contribution in [0.3, 0.4) is 0 Å². The molecule has 3 rings (SSSR count). The topological polar surface area (TPSA) is 25.2 Å². The third-order valence-corrected chi connectivity index (χ3v) is 7.62. The molecule has 114 valence electrons. The maximum atomic E-state index is 6.11. The third-order valence-electron chi connectivity index (χ3n) is 4.12. The average molecular weight is 322 g/mol. The number of rotatable bonds is 4. The van der Waals surface area contributed by atoms with E-state index < -0.39 is 0 Å². The predicted molar refractivity (Wildman–Crippen MR) is 95.4 cm³/mol. The smallest absolute Gasteiger partial charge is 0.134 e. The van der Waals surface area contributed by atoms with Crippen LogP contribution in [0.25, 0.3) is 11.0 Å². The number of fused-ring (bicyclic) bond motifs is 1. The fourth-order valence-corrected chi connectivity index (χ4v) is 5.87. The van der Waals surface area contributed by atoms with Crippen molar-refractivity contribution in [2.45, 2.75) is 42.6 Å². The van der Waals surface area contributed by atoms with Crippen molar-refractivity contribution in [2.24, 2.45) is 0 Å². The summed E-state index contributed by atoms with van der Waals surface area (Å²) in [4.78, 5) is 0. The molecule has 0 bridgehead atoms. The number of hydrogen-bond donors (Lipinski definition) is 1. The molecule has 0 amide bonds. The van der Waals surface area contributed by atoms with E-state index in [0.717, 1.165) is 23.1 Å². The Morgan fingerprint density at radius 3 is 2.81 bits per heavy atom. The molecule has 1 saturated heterocycles. The first-order valence-corrected chi connectivity index (χ1v) is 9.67. The zero-order valence-corrected chi connectivity index (χ0v) is 14.5. The molecule has 0 aliphatic carbocycles. The molecule has 2 aromatic rings. The van der Waals surface area contributed by atoms with Gasteiger partial charge in [-0.3, -0.25) is 0 Å². The number of para-hydroxylation sites is 1. The summed E-state index contributed by atoms with van der Waals surface area (Å²) in [5, 5.41) is 6.84. The summed E-state index contributed by atoms with van der Waals surface area (Å²) in [6.45, 7) is 7.81. The van der Waals surface area contributed by atoms with Crippen LogP contribution in [-0.2, 0) is 0 Å². The molecule has 21 heavy (non-hydrogen) atoms. The summed E-state index contributed by atoms with van der Waals surface area (Å²) >= 11 is 4.19. The summed E-state index contributed by atoms with van der Waals surface area (Å²) < 4.78 is 6.11. The standard InChI is InChI=1S/C17H23NOS2/c1-4-18-17(16-10-20-11(2)12(3)21-16)15-9-13-7-5-6-8-14(13)19-15/h5-9,11-12,16-18H,4,10H2,1-3H3. The Hall–Kier alpha value is -0.580. The zero-order valence-electron chi connectivity index (χ0n) is 12.8. The van der Waals surface area contributed by atoms with E-state index in [1.54, 1.807) is 0 Å². The normalized spacial score (nSPS) is 27.9. The number of nitrogens with one attached hydrogen (secondary N) is 1. The highest BCUT2D eigenvalue weighted by Crippen LogP contribution is 2.41. The molecule has 1 N–H and O–H groups in total. The van der Waals surface area contributed by atoms with E-state index in [4.69, 9.17) is 4.42 Å². The van der Waals surface area contributed by atoms with Gasteiger partial charge in [0.25, 0.3) is 0 Å². The highest BCUT2D eigenvalue weighted by atomic mass is 32.2. The molecule has 2 heterocycles. The van der Waals surface area contributed by atoms with Gasteiger partial charge >= 0.3 is 0 Å². The van der Waals surface area contributed by atoms with Gasteiger partial charge in [-0.1, -0.05) is 39.0 Å². The van der Waals surface area contributed by atoms with Gasteiger partial charge in [0.05, 0.1) is 6.04 Å². The van der Waals surface area contributed by atoms with Crippen LogP contribution in [0.2, 0.25) is 0 Å². The minimum atomic E-state index is 0.301. The van der Waals surface area contributed by atoms with Gasteiger partial charge in [0, 0.05) is 26.9 Å². The molecule has 0 radical (unpaired) electrons. The molecule has 2 nitrogen and oxygen atoms in total.